The highest BCUT2D eigenvalue weighted by atomic mass is 32.1. The number of anilines is 1. The van der Waals surface area contributed by atoms with Gasteiger partial charge in [0, 0.05) is 19.2 Å². The van der Waals surface area contributed by atoms with Crippen LogP contribution >= 0.6 is 12.2 Å². The molecule has 0 spiro atoms. The lowest BCUT2D eigenvalue weighted by molar-refractivity contribution is -0.383. The predicted molar refractivity (Wildman–Crippen MR) is 89.9 cm³/mol. The van der Waals surface area contributed by atoms with Crippen LogP contribution in [0.3, 0.4) is 0 Å². The van der Waals surface area contributed by atoms with Gasteiger partial charge in [-0.05, 0) is 35.8 Å². The standard InChI is InChI=1S/C16H15N3O2S/c20-19(21)15-8-4-3-7-14(15)17-16(22)18-10-9-12-5-1-2-6-13(12)11-18/h1-8H,9-11H2,(H,17,22). The number of hydrogen-bond acceptors (Lipinski definition) is 3. The molecule has 2 aromatic rings. The van der Waals surface area contributed by atoms with Gasteiger partial charge in [0.1, 0.15) is 5.69 Å². The highest BCUT2D eigenvalue weighted by Gasteiger charge is 2.20. The van der Waals surface area contributed by atoms with E-state index in [4.69, 9.17) is 12.2 Å². The predicted octanol–water partition coefficient (Wildman–Crippen LogP) is 3.35. The number of rotatable bonds is 2. The summed E-state index contributed by atoms with van der Waals surface area (Å²) >= 11 is 5.42. The molecule has 22 heavy (non-hydrogen) atoms. The molecule has 0 aliphatic carbocycles. The summed E-state index contributed by atoms with van der Waals surface area (Å²) < 4.78 is 0. The molecule has 1 aliphatic heterocycles. The summed E-state index contributed by atoms with van der Waals surface area (Å²) in [5.41, 5.74) is 3.05. The van der Waals surface area contributed by atoms with Gasteiger partial charge in [-0.15, -0.1) is 0 Å². The Morgan fingerprint density at radius 1 is 1.14 bits per heavy atom. The molecule has 0 fully saturated rings. The Balaban J connectivity index is 1.75. The molecular formula is C16H15N3O2S. The quantitative estimate of drug-likeness (QED) is 0.523. The third-order valence-corrected chi connectivity index (χ3v) is 4.12. The van der Waals surface area contributed by atoms with E-state index in [-0.39, 0.29) is 5.69 Å². The van der Waals surface area contributed by atoms with Crippen molar-refractivity contribution in [1.82, 2.24) is 4.90 Å². The fourth-order valence-electron chi connectivity index (χ4n) is 2.60. The fourth-order valence-corrected chi connectivity index (χ4v) is 2.87. The maximum Gasteiger partial charge on any atom is 0.292 e. The van der Waals surface area contributed by atoms with Crippen LogP contribution in [-0.4, -0.2) is 21.5 Å². The van der Waals surface area contributed by atoms with Crippen molar-refractivity contribution in [3.8, 4) is 0 Å². The molecule has 6 heteroatoms. The van der Waals surface area contributed by atoms with Gasteiger partial charge in [-0.2, -0.15) is 0 Å². The number of benzene rings is 2. The van der Waals surface area contributed by atoms with Crippen molar-refractivity contribution in [3.05, 3.63) is 69.8 Å². The lowest BCUT2D eigenvalue weighted by atomic mass is 10.0. The molecule has 3 rings (SSSR count). The second-order valence-electron chi connectivity index (χ2n) is 5.14. The Morgan fingerprint density at radius 3 is 2.59 bits per heavy atom. The Bertz CT molecular complexity index is 733. The van der Waals surface area contributed by atoms with Gasteiger partial charge in [0.15, 0.2) is 5.11 Å². The van der Waals surface area contributed by atoms with E-state index in [2.05, 4.69) is 17.4 Å². The number of nitrogens with one attached hydrogen (secondary N) is 1. The Hall–Kier alpha value is -2.47. The summed E-state index contributed by atoms with van der Waals surface area (Å²) in [6, 6.07) is 14.8. The van der Waals surface area contributed by atoms with Gasteiger partial charge in [0.2, 0.25) is 0 Å². The fraction of sp³-hybridized carbons (Fsp3) is 0.188. The molecular weight excluding hydrogens is 298 g/mol. The summed E-state index contributed by atoms with van der Waals surface area (Å²) in [5.74, 6) is 0. The Labute approximate surface area is 133 Å². The third-order valence-electron chi connectivity index (χ3n) is 3.76. The maximum absolute atomic E-state index is 11.1. The van der Waals surface area contributed by atoms with E-state index in [9.17, 15) is 10.1 Å². The smallest absolute Gasteiger partial charge is 0.292 e. The molecule has 1 N–H and O–H groups in total. The second-order valence-corrected chi connectivity index (χ2v) is 5.53. The van der Waals surface area contributed by atoms with Gasteiger partial charge in [0.25, 0.3) is 5.69 Å². The monoisotopic (exact) mass is 313 g/mol. The molecule has 0 aromatic heterocycles. The topological polar surface area (TPSA) is 58.4 Å². The van der Waals surface area contributed by atoms with Gasteiger partial charge in [0.05, 0.1) is 4.92 Å². The summed E-state index contributed by atoms with van der Waals surface area (Å²) in [5, 5.41) is 14.6. The van der Waals surface area contributed by atoms with E-state index in [1.54, 1.807) is 18.2 Å². The average Bonchev–Trinajstić information content (AvgIpc) is 2.54. The van der Waals surface area contributed by atoms with Crippen molar-refractivity contribution < 1.29 is 4.92 Å². The molecule has 2 aromatic carbocycles. The molecule has 0 unspecified atom stereocenters. The summed E-state index contributed by atoms with van der Waals surface area (Å²) in [6.07, 6.45) is 0.925. The van der Waals surface area contributed by atoms with Crippen LogP contribution in [0.5, 0.6) is 0 Å². The van der Waals surface area contributed by atoms with E-state index in [0.717, 1.165) is 19.5 Å². The van der Waals surface area contributed by atoms with E-state index in [1.807, 2.05) is 17.0 Å². The second kappa shape index (κ2) is 6.11. The number of para-hydroxylation sites is 2. The molecule has 1 heterocycles. The summed E-state index contributed by atoms with van der Waals surface area (Å²) in [4.78, 5) is 12.7. The zero-order valence-corrected chi connectivity index (χ0v) is 12.7. The maximum atomic E-state index is 11.1. The number of thiocarbonyl (C=S) groups is 1. The lowest BCUT2D eigenvalue weighted by Gasteiger charge is -2.31. The van der Waals surface area contributed by atoms with Crippen molar-refractivity contribution in [3.63, 3.8) is 0 Å². The van der Waals surface area contributed by atoms with Crippen molar-refractivity contribution in [1.29, 1.82) is 0 Å². The minimum atomic E-state index is -0.406. The number of nitro groups is 1. The third kappa shape index (κ3) is 2.92. The van der Waals surface area contributed by atoms with Crippen LogP contribution in [0, 0.1) is 10.1 Å². The van der Waals surface area contributed by atoms with Crippen LogP contribution in [-0.2, 0) is 13.0 Å². The van der Waals surface area contributed by atoms with Crippen LogP contribution in [0.2, 0.25) is 0 Å². The molecule has 0 amide bonds. The normalized spacial score (nSPS) is 13.4. The summed E-state index contributed by atoms with van der Waals surface area (Å²) in [7, 11) is 0. The highest BCUT2D eigenvalue weighted by molar-refractivity contribution is 7.80. The first kappa shape index (κ1) is 14.5. The van der Waals surface area contributed by atoms with Gasteiger partial charge >= 0.3 is 0 Å². The van der Waals surface area contributed by atoms with Gasteiger partial charge in [-0.25, -0.2) is 0 Å². The Morgan fingerprint density at radius 2 is 1.82 bits per heavy atom. The van der Waals surface area contributed by atoms with Crippen LogP contribution in [0.1, 0.15) is 11.1 Å². The molecule has 0 atom stereocenters. The number of nitro benzene ring substituents is 1. The minimum absolute atomic E-state index is 0.0299. The first-order valence-corrected chi connectivity index (χ1v) is 7.42. The van der Waals surface area contributed by atoms with Crippen molar-refractivity contribution in [2.24, 2.45) is 0 Å². The highest BCUT2D eigenvalue weighted by Crippen LogP contribution is 2.25. The SMILES string of the molecule is O=[N+]([O-])c1ccccc1NC(=S)N1CCc2ccccc2C1. The number of nitrogens with zero attached hydrogens (tertiary/aromatic N) is 2. The van der Waals surface area contributed by atoms with Crippen LogP contribution in [0.4, 0.5) is 11.4 Å². The first-order valence-electron chi connectivity index (χ1n) is 7.01. The van der Waals surface area contributed by atoms with E-state index in [1.165, 1.54) is 17.2 Å². The zero-order chi connectivity index (χ0) is 15.5. The molecule has 112 valence electrons. The van der Waals surface area contributed by atoms with Crippen LogP contribution in [0.25, 0.3) is 0 Å². The van der Waals surface area contributed by atoms with Gasteiger partial charge < -0.3 is 10.2 Å². The van der Waals surface area contributed by atoms with Crippen molar-refractivity contribution >= 4 is 28.7 Å². The van der Waals surface area contributed by atoms with Crippen molar-refractivity contribution in [2.45, 2.75) is 13.0 Å². The van der Waals surface area contributed by atoms with Crippen LogP contribution < -0.4 is 5.32 Å². The molecule has 0 saturated heterocycles. The van der Waals surface area contributed by atoms with Gasteiger partial charge in [-0.1, -0.05) is 36.4 Å². The minimum Gasteiger partial charge on any atom is -0.344 e. The average molecular weight is 313 g/mol. The largest absolute Gasteiger partial charge is 0.344 e. The van der Waals surface area contributed by atoms with E-state index in [0.29, 0.717) is 10.8 Å². The van der Waals surface area contributed by atoms with Crippen LogP contribution in [0.15, 0.2) is 48.5 Å². The first-order chi connectivity index (χ1) is 10.6. The molecule has 5 nitrogen and oxygen atoms in total. The zero-order valence-electron chi connectivity index (χ0n) is 11.9. The van der Waals surface area contributed by atoms with E-state index >= 15 is 0 Å². The number of fused-ring (bicyclic) bond motifs is 1. The summed E-state index contributed by atoms with van der Waals surface area (Å²) in [6.45, 7) is 1.53. The lowest BCUT2D eigenvalue weighted by Crippen LogP contribution is -2.38. The van der Waals surface area contributed by atoms with Gasteiger partial charge in [-0.3, -0.25) is 10.1 Å². The van der Waals surface area contributed by atoms with Crippen molar-refractivity contribution in [2.75, 3.05) is 11.9 Å². The molecule has 1 aliphatic rings. The number of hydrogen-bond donors (Lipinski definition) is 1. The molecule has 0 radical (unpaired) electrons. The van der Waals surface area contributed by atoms with E-state index < -0.39 is 4.92 Å². The Kier molecular flexibility index (Phi) is 4.02. The molecule has 0 saturated carbocycles. The molecule has 0 bridgehead atoms.